The largest absolute Gasteiger partial charge is 0.490 e. The molecule has 1 aliphatic heterocycles. The van der Waals surface area contributed by atoms with Gasteiger partial charge in [0.25, 0.3) is 5.91 Å². The molecule has 1 aromatic heterocycles. The van der Waals surface area contributed by atoms with Crippen LogP contribution in [0.1, 0.15) is 45.8 Å². The Balaban J connectivity index is 1.52. The van der Waals surface area contributed by atoms with Crippen LogP contribution in [0.2, 0.25) is 5.02 Å². The van der Waals surface area contributed by atoms with Gasteiger partial charge in [-0.3, -0.25) is 14.5 Å². The Morgan fingerprint density at radius 3 is 2.42 bits per heavy atom. The number of alkyl halides is 3. The number of anilines is 1. The third-order valence-electron chi connectivity index (χ3n) is 7.10. The van der Waals surface area contributed by atoms with Crippen LogP contribution in [-0.4, -0.2) is 12.5 Å². The third kappa shape index (κ3) is 5.32. The number of carbonyl (C=O) groups excluding carboxylic acids is 1. The molecule has 218 valence electrons. The number of rotatable bonds is 7. The second kappa shape index (κ2) is 11.1. The van der Waals surface area contributed by atoms with E-state index in [9.17, 15) is 22.8 Å². The Kier molecular flexibility index (Phi) is 7.35. The van der Waals surface area contributed by atoms with Crippen LogP contribution < -0.4 is 19.8 Å². The van der Waals surface area contributed by atoms with Gasteiger partial charge in [0.2, 0.25) is 5.76 Å². The lowest BCUT2D eigenvalue weighted by Gasteiger charge is -2.26. The van der Waals surface area contributed by atoms with Crippen molar-refractivity contribution in [2.75, 3.05) is 11.5 Å². The summed E-state index contributed by atoms with van der Waals surface area (Å²) in [5, 5.41) is 0.427. The average molecular weight is 606 g/mol. The van der Waals surface area contributed by atoms with Crippen molar-refractivity contribution in [1.82, 2.24) is 0 Å². The van der Waals surface area contributed by atoms with E-state index in [1.165, 1.54) is 30.3 Å². The quantitative estimate of drug-likeness (QED) is 0.187. The molecule has 2 heterocycles. The summed E-state index contributed by atoms with van der Waals surface area (Å²) in [5.41, 5.74) is -0.0577. The van der Waals surface area contributed by atoms with Gasteiger partial charge >= 0.3 is 6.18 Å². The Morgan fingerprint density at radius 2 is 1.67 bits per heavy atom. The topological polar surface area (TPSA) is 69.0 Å². The predicted octanol–water partition coefficient (Wildman–Crippen LogP) is 8.19. The number of fused-ring (bicyclic) bond motifs is 2. The number of ether oxygens (including phenoxy) is 2. The summed E-state index contributed by atoms with van der Waals surface area (Å²) in [5.74, 6) is -0.253. The smallest absolute Gasteiger partial charge is 0.416 e. The van der Waals surface area contributed by atoms with E-state index in [2.05, 4.69) is 0 Å². The van der Waals surface area contributed by atoms with Crippen molar-refractivity contribution in [3.8, 4) is 11.5 Å². The maximum absolute atomic E-state index is 13.9. The number of carbonyl (C=O) groups is 1. The number of benzene rings is 4. The zero-order valence-electron chi connectivity index (χ0n) is 22.7. The third-order valence-corrected chi connectivity index (χ3v) is 7.34. The van der Waals surface area contributed by atoms with E-state index in [0.29, 0.717) is 17.1 Å². The highest BCUT2D eigenvalue weighted by Crippen LogP contribution is 2.44. The lowest BCUT2D eigenvalue weighted by Crippen LogP contribution is -2.29. The molecule has 1 atom stereocenters. The molecule has 0 N–H and O–H groups in total. The van der Waals surface area contributed by atoms with E-state index in [-0.39, 0.29) is 46.2 Å². The molecule has 4 aromatic carbocycles. The molecule has 0 fully saturated rings. The Hall–Kier alpha value is -4.76. The molecule has 5 aromatic rings. The maximum Gasteiger partial charge on any atom is 0.416 e. The van der Waals surface area contributed by atoms with Crippen molar-refractivity contribution in [3.63, 3.8) is 0 Å². The van der Waals surface area contributed by atoms with Crippen LogP contribution in [0.4, 0.5) is 18.9 Å². The molecule has 0 bridgehead atoms. The fourth-order valence-electron chi connectivity index (χ4n) is 5.18. The molecular weight excluding hydrogens is 583 g/mol. The molecular formula is C33H23ClF3NO5. The van der Waals surface area contributed by atoms with Crippen molar-refractivity contribution in [2.45, 2.75) is 25.7 Å². The highest BCUT2D eigenvalue weighted by molar-refractivity contribution is 6.31. The lowest BCUT2D eigenvalue weighted by atomic mass is 9.97. The maximum atomic E-state index is 13.9. The van der Waals surface area contributed by atoms with Crippen molar-refractivity contribution >= 4 is 34.2 Å². The summed E-state index contributed by atoms with van der Waals surface area (Å²) >= 11 is 6.16. The van der Waals surface area contributed by atoms with Gasteiger partial charge in [-0.05, 0) is 66.6 Å². The molecule has 0 spiro atoms. The van der Waals surface area contributed by atoms with Crippen molar-refractivity contribution < 1.29 is 31.9 Å². The number of hydrogen-bond acceptors (Lipinski definition) is 5. The number of nitrogens with zero attached hydrogens (tertiary/aromatic N) is 1. The van der Waals surface area contributed by atoms with Gasteiger partial charge in [0, 0.05) is 10.7 Å². The van der Waals surface area contributed by atoms with E-state index in [1.54, 1.807) is 25.1 Å². The predicted molar refractivity (Wildman–Crippen MR) is 156 cm³/mol. The SMILES string of the molecule is CCOc1cc(C2c3c(oc4ccc(Cl)cc4c3=O)C(=O)N2c2cccc(C(F)(F)F)c2)ccc1OCc1ccccc1. The summed E-state index contributed by atoms with van der Waals surface area (Å²) in [6.07, 6.45) is -4.65. The average Bonchev–Trinajstić information content (AvgIpc) is 3.29. The van der Waals surface area contributed by atoms with Gasteiger partial charge in [-0.1, -0.05) is 54.1 Å². The number of hydrogen-bond donors (Lipinski definition) is 0. The second-order valence-electron chi connectivity index (χ2n) is 9.85. The summed E-state index contributed by atoms with van der Waals surface area (Å²) in [4.78, 5) is 28.9. The minimum atomic E-state index is -4.65. The summed E-state index contributed by atoms with van der Waals surface area (Å²) < 4.78 is 58.9. The van der Waals surface area contributed by atoms with Gasteiger partial charge in [0.1, 0.15) is 12.2 Å². The molecule has 6 rings (SSSR count). The Morgan fingerprint density at radius 1 is 0.884 bits per heavy atom. The van der Waals surface area contributed by atoms with Crippen LogP contribution in [0.3, 0.4) is 0 Å². The van der Waals surface area contributed by atoms with Crippen LogP contribution in [0.5, 0.6) is 11.5 Å². The van der Waals surface area contributed by atoms with Crippen LogP contribution >= 0.6 is 11.6 Å². The normalized spacial score (nSPS) is 14.7. The van der Waals surface area contributed by atoms with Gasteiger partial charge < -0.3 is 13.9 Å². The molecule has 43 heavy (non-hydrogen) atoms. The van der Waals surface area contributed by atoms with E-state index < -0.39 is 29.1 Å². The zero-order chi connectivity index (χ0) is 30.3. The first-order valence-electron chi connectivity index (χ1n) is 13.4. The van der Waals surface area contributed by atoms with Crippen LogP contribution in [-0.2, 0) is 12.8 Å². The van der Waals surface area contributed by atoms with Crippen molar-refractivity contribution in [3.05, 3.63) is 134 Å². The van der Waals surface area contributed by atoms with Gasteiger partial charge in [-0.2, -0.15) is 13.2 Å². The second-order valence-corrected chi connectivity index (χ2v) is 10.3. The lowest BCUT2D eigenvalue weighted by molar-refractivity contribution is -0.137. The van der Waals surface area contributed by atoms with E-state index >= 15 is 0 Å². The van der Waals surface area contributed by atoms with Gasteiger partial charge in [0.15, 0.2) is 16.9 Å². The molecule has 1 amide bonds. The summed E-state index contributed by atoms with van der Waals surface area (Å²) in [6.45, 7) is 2.34. The zero-order valence-corrected chi connectivity index (χ0v) is 23.4. The standard InChI is InChI=1S/C33H23ClF3NO5/c1-2-41-27-15-20(11-13-26(27)42-18-19-7-4-3-5-8-19)29-28-30(39)24-17-22(34)12-14-25(24)43-31(28)32(40)38(29)23-10-6-9-21(16-23)33(35,36)37/h3-17,29H,2,18H2,1H3. The highest BCUT2D eigenvalue weighted by Gasteiger charge is 2.44. The first-order valence-corrected chi connectivity index (χ1v) is 13.7. The molecule has 0 saturated heterocycles. The van der Waals surface area contributed by atoms with Gasteiger partial charge in [-0.15, -0.1) is 0 Å². The van der Waals surface area contributed by atoms with Gasteiger partial charge in [0.05, 0.1) is 29.2 Å². The van der Waals surface area contributed by atoms with Crippen molar-refractivity contribution in [1.29, 1.82) is 0 Å². The molecule has 0 radical (unpaired) electrons. The minimum Gasteiger partial charge on any atom is -0.490 e. The molecule has 6 nitrogen and oxygen atoms in total. The molecule has 10 heteroatoms. The molecule has 1 unspecified atom stereocenters. The monoisotopic (exact) mass is 605 g/mol. The van der Waals surface area contributed by atoms with Crippen molar-refractivity contribution in [2.24, 2.45) is 0 Å². The fourth-order valence-corrected chi connectivity index (χ4v) is 5.35. The van der Waals surface area contributed by atoms with E-state index in [0.717, 1.165) is 22.6 Å². The minimum absolute atomic E-state index is 0.0161. The summed E-state index contributed by atoms with van der Waals surface area (Å²) in [6, 6.07) is 22.1. The number of halogens is 4. The Labute approximate surface area is 248 Å². The van der Waals surface area contributed by atoms with E-state index in [1.807, 2.05) is 30.3 Å². The van der Waals surface area contributed by atoms with Crippen LogP contribution in [0.25, 0.3) is 11.0 Å². The number of amides is 1. The van der Waals surface area contributed by atoms with Gasteiger partial charge in [-0.25, -0.2) is 0 Å². The van der Waals surface area contributed by atoms with Crippen LogP contribution in [0.15, 0.2) is 100 Å². The highest BCUT2D eigenvalue weighted by atomic mass is 35.5. The fraction of sp³-hybridized carbons (Fsp3) is 0.152. The molecule has 0 aliphatic carbocycles. The first kappa shape index (κ1) is 28.4. The molecule has 0 saturated carbocycles. The Bertz CT molecular complexity index is 1910. The van der Waals surface area contributed by atoms with E-state index in [4.69, 9.17) is 25.5 Å². The van der Waals surface area contributed by atoms with Crippen LogP contribution in [0, 0.1) is 0 Å². The first-order chi connectivity index (χ1) is 20.7. The molecule has 1 aliphatic rings. The summed E-state index contributed by atoms with van der Waals surface area (Å²) in [7, 11) is 0.